The Morgan fingerprint density at radius 3 is 2.52 bits per heavy atom. The Hall–Kier alpha value is -1.26. The smallest absolute Gasteiger partial charge is 0.252 e. The van der Waals surface area contributed by atoms with Gasteiger partial charge in [0.2, 0.25) is 0 Å². The fourth-order valence-corrected chi connectivity index (χ4v) is 3.12. The molecule has 2 N–H and O–H groups in total. The molecule has 1 fully saturated rings. The van der Waals surface area contributed by atoms with Crippen LogP contribution in [0.5, 0.6) is 0 Å². The summed E-state index contributed by atoms with van der Waals surface area (Å²) in [6.45, 7) is 8.34. The molecule has 0 aliphatic carbocycles. The van der Waals surface area contributed by atoms with Gasteiger partial charge in [0.15, 0.2) is 0 Å². The molecular weight excluding hydrogens is 288 g/mol. The Morgan fingerprint density at radius 1 is 1.33 bits per heavy atom. The molecule has 2 rings (SSSR count). The summed E-state index contributed by atoms with van der Waals surface area (Å²) < 4.78 is 6.08. The number of anilines is 1. The average molecular weight is 311 g/mol. The van der Waals surface area contributed by atoms with Crippen molar-refractivity contribution in [3.05, 3.63) is 28.8 Å². The van der Waals surface area contributed by atoms with E-state index in [9.17, 15) is 4.79 Å². The van der Waals surface area contributed by atoms with Gasteiger partial charge in [-0.05, 0) is 52.3 Å². The first-order chi connectivity index (χ1) is 9.64. The number of benzene rings is 1. The molecule has 0 aromatic heterocycles. The van der Waals surface area contributed by atoms with Crippen molar-refractivity contribution in [3.63, 3.8) is 0 Å². The van der Waals surface area contributed by atoms with Gasteiger partial charge >= 0.3 is 0 Å². The van der Waals surface area contributed by atoms with Crippen LogP contribution in [0.1, 0.15) is 44.5 Å². The Morgan fingerprint density at radius 2 is 2.00 bits per heavy atom. The number of carbonyl (C=O) groups excluding carboxylic acids is 1. The minimum Gasteiger partial charge on any atom is -0.379 e. The first-order valence-corrected chi connectivity index (χ1v) is 7.51. The van der Waals surface area contributed by atoms with Crippen LogP contribution in [0.4, 0.5) is 5.69 Å². The monoisotopic (exact) mass is 310 g/mol. The van der Waals surface area contributed by atoms with Crippen molar-refractivity contribution in [2.45, 2.75) is 51.4 Å². The lowest BCUT2D eigenvalue weighted by molar-refractivity contribution is -0.0662. The molecule has 1 saturated heterocycles. The van der Waals surface area contributed by atoms with E-state index in [1.165, 1.54) is 0 Å². The van der Waals surface area contributed by atoms with Gasteiger partial charge in [-0.2, -0.15) is 0 Å². The molecule has 21 heavy (non-hydrogen) atoms. The van der Waals surface area contributed by atoms with Crippen molar-refractivity contribution >= 4 is 23.2 Å². The molecule has 5 heteroatoms. The fraction of sp³-hybridized carbons (Fsp3) is 0.562. The van der Waals surface area contributed by atoms with E-state index in [-0.39, 0.29) is 23.2 Å². The third kappa shape index (κ3) is 3.50. The van der Waals surface area contributed by atoms with Crippen LogP contribution in [-0.2, 0) is 4.74 Å². The van der Waals surface area contributed by atoms with Crippen molar-refractivity contribution < 1.29 is 9.53 Å². The van der Waals surface area contributed by atoms with Gasteiger partial charge in [0, 0.05) is 12.7 Å². The molecule has 4 nitrogen and oxygen atoms in total. The van der Waals surface area contributed by atoms with Gasteiger partial charge in [-0.25, -0.2) is 0 Å². The molecule has 1 atom stereocenters. The lowest BCUT2D eigenvalue weighted by Gasteiger charge is -2.28. The maximum absolute atomic E-state index is 11.8. The molecule has 0 saturated carbocycles. The highest BCUT2D eigenvalue weighted by molar-refractivity contribution is 6.34. The molecule has 116 valence electrons. The number of nitrogens with one attached hydrogen (secondary N) is 2. The van der Waals surface area contributed by atoms with Gasteiger partial charge in [-0.15, -0.1) is 0 Å². The van der Waals surface area contributed by atoms with E-state index in [1.54, 1.807) is 19.2 Å². The number of rotatable bonds is 3. The van der Waals surface area contributed by atoms with E-state index in [4.69, 9.17) is 16.3 Å². The zero-order valence-corrected chi connectivity index (χ0v) is 14.0. The van der Waals surface area contributed by atoms with Crippen molar-refractivity contribution in [1.82, 2.24) is 5.32 Å². The molecule has 1 unspecified atom stereocenters. The molecule has 1 aliphatic rings. The maximum Gasteiger partial charge on any atom is 0.252 e. The molecule has 1 heterocycles. The number of hydrogen-bond acceptors (Lipinski definition) is 3. The third-order valence-electron chi connectivity index (χ3n) is 3.85. The first-order valence-electron chi connectivity index (χ1n) is 7.13. The van der Waals surface area contributed by atoms with Gasteiger partial charge in [0.25, 0.3) is 5.91 Å². The summed E-state index contributed by atoms with van der Waals surface area (Å²) in [7, 11) is 1.59. The molecule has 0 spiro atoms. The minimum absolute atomic E-state index is 0.156. The molecule has 1 aromatic rings. The Bertz CT molecular complexity index is 555. The fourth-order valence-electron chi connectivity index (χ4n) is 2.91. The van der Waals surface area contributed by atoms with E-state index in [1.807, 2.05) is 6.07 Å². The van der Waals surface area contributed by atoms with Crippen molar-refractivity contribution in [3.8, 4) is 0 Å². The summed E-state index contributed by atoms with van der Waals surface area (Å²) in [5.74, 6) is -0.189. The summed E-state index contributed by atoms with van der Waals surface area (Å²) in [6, 6.07) is 5.58. The van der Waals surface area contributed by atoms with Gasteiger partial charge in [0.05, 0.1) is 27.8 Å². The summed E-state index contributed by atoms with van der Waals surface area (Å²) in [4.78, 5) is 11.8. The van der Waals surface area contributed by atoms with Crippen LogP contribution in [-0.4, -0.2) is 30.2 Å². The van der Waals surface area contributed by atoms with E-state index >= 15 is 0 Å². The standard InChI is InChI=1S/C16H23ClN2O2/c1-15(2)9-13(16(3,4)21-15)19-10-6-7-12(17)11(8-10)14(20)18-5/h6-8,13,19H,9H2,1-5H3,(H,18,20). The Kier molecular flexibility index (Phi) is 4.22. The van der Waals surface area contributed by atoms with E-state index < -0.39 is 0 Å². The zero-order chi connectivity index (χ0) is 15.8. The van der Waals surface area contributed by atoms with Crippen molar-refractivity contribution in [2.75, 3.05) is 12.4 Å². The number of carbonyl (C=O) groups is 1. The van der Waals surface area contributed by atoms with Crippen LogP contribution in [0.3, 0.4) is 0 Å². The summed E-state index contributed by atoms with van der Waals surface area (Å²) in [5.41, 5.74) is 0.922. The second-order valence-electron chi connectivity index (χ2n) is 6.64. The quantitative estimate of drug-likeness (QED) is 0.899. The van der Waals surface area contributed by atoms with Crippen LogP contribution in [0, 0.1) is 0 Å². The van der Waals surface area contributed by atoms with Crippen molar-refractivity contribution in [1.29, 1.82) is 0 Å². The van der Waals surface area contributed by atoms with E-state index in [2.05, 4.69) is 38.3 Å². The van der Waals surface area contributed by atoms with E-state index in [0.717, 1.165) is 12.1 Å². The van der Waals surface area contributed by atoms with Crippen molar-refractivity contribution in [2.24, 2.45) is 0 Å². The lowest BCUT2D eigenvalue weighted by Crippen LogP contribution is -2.38. The summed E-state index contributed by atoms with van der Waals surface area (Å²) in [6.07, 6.45) is 0.901. The van der Waals surface area contributed by atoms with E-state index in [0.29, 0.717) is 10.6 Å². The van der Waals surface area contributed by atoms with Gasteiger partial charge in [-0.3, -0.25) is 4.79 Å². The number of ether oxygens (including phenoxy) is 1. The zero-order valence-electron chi connectivity index (χ0n) is 13.2. The highest BCUT2D eigenvalue weighted by Crippen LogP contribution is 2.39. The van der Waals surface area contributed by atoms with Gasteiger partial charge in [-0.1, -0.05) is 11.6 Å². The predicted molar refractivity (Wildman–Crippen MR) is 86.1 cm³/mol. The van der Waals surface area contributed by atoms with Gasteiger partial charge in [0.1, 0.15) is 0 Å². The second kappa shape index (κ2) is 5.50. The molecule has 1 aromatic carbocycles. The third-order valence-corrected chi connectivity index (χ3v) is 4.18. The SMILES string of the molecule is CNC(=O)c1cc(NC2CC(C)(C)OC2(C)C)ccc1Cl. The van der Waals surface area contributed by atoms with Crippen LogP contribution < -0.4 is 10.6 Å². The largest absolute Gasteiger partial charge is 0.379 e. The lowest BCUT2D eigenvalue weighted by atomic mass is 9.94. The molecule has 1 amide bonds. The summed E-state index contributed by atoms with van der Waals surface area (Å²) >= 11 is 6.07. The predicted octanol–water partition coefficient (Wildman–Crippen LogP) is 3.46. The Labute approximate surface area is 131 Å². The average Bonchev–Trinajstić information content (AvgIpc) is 2.58. The second-order valence-corrected chi connectivity index (χ2v) is 7.05. The molecule has 0 radical (unpaired) electrons. The number of amides is 1. The highest BCUT2D eigenvalue weighted by atomic mass is 35.5. The normalized spacial score (nSPS) is 22.9. The summed E-state index contributed by atoms with van der Waals surface area (Å²) in [5, 5.41) is 6.51. The molecular formula is C16H23ClN2O2. The van der Waals surface area contributed by atoms with Crippen LogP contribution >= 0.6 is 11.6 Å². The minimum atomic E-state index is -0.268. The number of halogens is 1. The van der Waals surface area contributed by atoms with Gasteiger partial charge < -0.3 is 15.4 Å². The maximum atomic E-state index is 11.8. The topological polar surface area (TPSA) is 50.4 Å². The van der Waals surface area contributed by atoms with Crippen LogP contribution in [0.2, 0.25) is 5.02 Å². The first kappa shape index (κ1) is 16.1. The molecule has 0 bridgehead atoms. The number of hydrogen-bond donors (Lipinski definition) is 2. The van der Waals surface area contributed by atoms with Crippen LogP contribution in [0.15, 0.2) is 18.2 Å². The molecule has 1 aliphatic heterocycles. The van der Waals surface area contributed by atoms with Crippen LogP contribution in [0.25, 0.3) is 0 Å². The highest BCUT2D eigenvalue weighted by Gasteiger charge is 2.45. The Balaban J connectivity index is 2.23.